The first-order valence-corrected chi connectivity index (χ1v) is 10.9. The summed E-state index contributed by atoms with van der Waals surface area (Å²) < 4.78 is 53.1. The highest BCUT2D eigenvalue weighted by Gasteiger charge is 2.30. The molecule has 1 unspecified atom stereocenters. The molecule has 0 aromatic heterocycles. The van der Waals surface area contributed by atoms with E-state index in [-0.39, 0.29) is 17.2 Å². The topological polar surface area (TPSA) is 110 Å². The van der Waals surface area contributed by atoms with Crippen LogP contribution in [0.4, 0.5) is 5.69 Å². The van der Waals surface area contributed by atoms with Gasteiger partial charge in [-0.1, -0.05) is 12.1 Å². The number of methoxy groups -OCH3 is 1. The minimum Gasteiger partial charge on any atom is -0.495 e. The van der Waals surface area contributed by atoms with E-state index in [0.29, 0.717) is 12.2 Å². The predicted octanol–water partition coefficient (Wildman–Crippen LogP) is -0.235. The normalized spacial score (nSPS) is 19.7. The summed E-state index contributed by atoms with van der Waals surface area (Å²) >= 11 is 0. The summed E-state index contributed by atoms with van der Waals surface area (Å²) in [5, 5.41) is 2.58. The van der Waals surface area contributed by atoms with E-state index in [2.05, 4.69) is 5.32 Å². The number of nitrogens with zero attached hydrogens (tertiary/aromatic N) is 1. The van der Waals surface area contributed by atoms with Crippen molar-refractivity contribution in [3.05, 3.63) is 24.3 Å². The van der Waals surface area contributed by atoms with Gasteiger partial charge in [0.05, 0.1) is 30.6 Å². The minimum absolute atomic E-state index is 0.0280. The molecule has 1 atom stereocenters. The van der Waals surface area contributed by atoms with Crippen molar-refractivity contribution in [1.82, 2.24) is 5.32 Å². The number of benzene rings is 1. The standard InChI is InChI=1S/C14H20N2O6S2/c1-22-13-6-4-3-5-12(13)16(23(2,18)19)9-14(17)15-11-7-8-24(20,21)10-11/h3-6,11H,7-10H2,1-2H3,(H,15,17). The number of nitrogens with one attached hydrogen (secondary N) is 1. The van der Waals surface area contributed by atoms with Crippen LogP contribution in [-0.2, 0) is 24.7 Å². The van der Waals surface area contributed by atoms with Crippen molar-refractivity contribution in [1.29, 1.82) is 0 Å². The highest BCUT2D eigenvalue weighted by atomic mass is 32.2. The first kappa shape index (κ1) is 18.5. The molecule has 2 rings (SSSR count). The Labute approximate surface area is 141 Å². The van der Waals surface area contributed by atoms with E-state index in [1.54, 1.807) is 18.2 Å². The number of rotatable bonds is 6. The van der Waals surface area contributed by atoms with Crippen molar-refractivity contribution < 1.29 is 26.4 Å². The highest BCUT2D eigenvalue weighted by molar-refractivity contribution is 7.92. The number of sulfone groups is 1. The zero-order valence-electron chi connectivity index (χ0n) is 13.4. The monoisotopic (exact) mass is 376 g/mol. The number of carbonyl (C=O) groups is 1. The Morgan fingerprint density at radius 3 is 2.58 bits per heavy atom. The maximum absolute atomic E-state index is 12.2. The number of hydrogen-bond acceptors (Lipinski definition) is 6. The molecule has 1 heterocycles. The average molecular weight is 376 g/mol. The SMILES string of the molecule is COc1ccccc1N(CC(=O)NC1CCS(=O)(=O)C1)S(C)(=O)=O. The van der Waals surface area contributed by atoms with E-state index in [4.69, 9.17) is 4.74 Å². The van der Waals surface area contributed by atoms with Crippen LogP contribution in [0.25, 0.3) is 0 Å². The zero-order valence-corrected chi connectivity index (χ0v) is 15.1. The largest absolute Gasteiger partial charge is 0.495 e. The molecule has 1 saturated heterocycles. The van der Waals surface area contributed by atoms with Gasteiger partial charge in [0.2, 0.25) is 15.9 Å². The smallest absolute Gasteiger partial charge is 0.241 e. The van der Waals surface area contributed by atoms with Crippen LogP contribution < -0.4 is 14.4 Å². The molecule has 0 spiro atoms. The molecule has 1 aromatic carbocycles. The maximum Gasteiger partial charge on any atom is 0.241 e. The van der Waals surface area contributed by atoms with E-state index < -0.39 is 38.4 Å². The average Bonchev–Trinajstić information content (AvgIpc) is 2.82. The van der Waals surface area contributed by atoms with Crippen molar-refractivity contribution in [2.75, 3.05) is 35.7 Å². The molecule has 1 fully saturated rings. The van der Waals surface area contributed by atoms with Crippen LogP contribution in [0.15, 0.2) is 24.3 Å². The Morgan fingerprint density at radius 2 is 2.04 bits per heavy atom. The van der Waals surface area contributed by atoms with Crippen LogP contribution in [-0.4, -0.2) is 60.2 Å². The summed E-state index contributed by atoms with van der Waals surface area (Å²) in [4.78, 5) is 12.2. The summed E-state index contributed by atoms with van der Waals surface area (Å²) in [6.07, 6.45) is 1.33. The fraction of sp³-hybridized carbons (Fsp3) is 0.500. The Hall–Kier alpha value is -1.81. The van der Waals surface area contributed by atoms with E-state index in [9.17, 15) is 21.6 Å². The van der Waals surface area contributed by atoms with Gasteiger partial charge in [-0.25, -0.2) is 16.8 Å². The summed E-state index contributed by atoms with van der Waals surface area (Å²) in [6.45, 7) is -0.449. The quantitative estimate of drug-likeness (QED) is 0.734. The predicted molar refractivity (Wildman–Crippen MR) is 90.4 cm³/mol. The Bertz CT molecular complexity index is 819. The van der Waals surface area contributed by atoms with Gasteiger partial charge in [0.25, 0.3) is 0 Å². The van der Waals surface area contributed by atoms with Crippen molar-refractivity contribution in [3.63, 3.8) is 0 Å². The molecule has 0 saturated carbocycles. The van der Waals surface area contributed by atoms with Crippen molar-refractivity contribution in [2.45, 2.75) is 12.5 Å². The second-order valence-corrected chi connectivity index (χ2v) is 9.74. The van der Waals surface area contributed by atoms with Gasteiger partial charge in [0.1, 0.15) is 12.3 Å². The lowest BCUT2D eigenvalue weighted by atomic mass is 10.2. The third-order valence-electron chi connectivity index (χ3n) is 3.64. The van der Waals surface area contributed by atoms with Crippen LogP contribution in [0.5, 0.6) is 5.75 Å². The van der Waals surface area contributed by atoms with Gasteiger partial charge in [-0.2, -0.15) is 0 Å². The molecule has 1 aliphatic rings. The van der Waals surface area contributed by atoms with Gasteiger partial charge in [-0.15, -0.1) is 0 Å². The lowest BCUT2D eigenvalue weighted by molar-refractivity contribution is -0.120. The lowest BCUT2D eigenvalue weighted by Crippen LogP contribution is -2.44. The number of anilines is 1. The summed E-state index contributed by atoms with van der Waals surface area (Å²) in [7, 11) is -5.45. The van der Waals surface area contributed by atoms with Gasteiger partial charge in [0, 0.05) is 6.04 Å². The maximum atomic E-state index is 12.2. The molecule has 1 amide bonds. The fourth-order valence-corrected chi connectivity index (χ4v) is 5.06. The summed E-state index contributed by atoms with van der Waals surface area (Å²) in [5.41, 5.74) is 0.247. The van der Waals surface area contributed by atoms with Crippen molar-refractivity contribution in [3.8, 4) is 5.75 Å². The van der Waals surface area contributed by atoms with Crippen LogP contribution in [0.1, 0.15) is 6.42 Å². The summed E-state index contributed by atoms with van der Waals surface area (Å²) in [5.74, 6) is -0.334. The Balaban J connectivity index is 2.17. The molecular weight excluding hydrogens is 356 g/mol. The zero-order chi connectivity index (χ0) is 18.0. The Kier molecular flexibility index (Phi) is 5.38. The lowest BCUT2D eigenvalue weighted by Gasteiger charge is -2.24. The van der Waals surface area contributed by atoms with Crippen molar-refractivity contribution >= 4 is 31.5 Å². The molecule has 0 aliphatic carbocycles. The number of para-hydroxylation sites is 2. The van der Waals surface area contributed by atoms with E-state index in [1.807, 2.05) is 0 Å². The van der Waals surface area contributed by atoms with E-state index in [1.165, 1.54) is 13.2 Å². The van der Waals surface area contributed by atoms with Gasteiger partial charge in [-0.05, 0) is 18.6 Å². The molecule has 134 valence electrons. The number of sulfonamides is 1. The summed E-state index contributed by atoms with van der Waals surface area (Å²) in [6, 6.07) is 5.97. The van der Waals surface area contributed by atoms with Gasteiger partial charge >= 0.3 is 0 Å². The molecular formula is C14H20N2O6S2. The number of hydrogen-bond donors (Lipinski definition) is 1. The molecule has 8 nitrogen and oxygen atoms in total. The third kappa shape index (κ3) is 4.60. The van der Waals surface area contributed by atoms with Crippen LogP contribution in [0, 0.1) is 0 Å². The van der Waals surface area contributed by atoms with Crippen LogP contribution in [0.2, 0.25) is 0 Å². The van der Waals surface area contributed by atoms with Crippen molar-refractivity contribution in [2.24, 2.45) is 0 Å². The van der Waals surface area contributed by atoms with Gasteiger partial charge in [-0.3, -0.25) is 9.10 Å². The first-order valence-electron chi connectivity index (χ1n) is 7.23. The fourth-order valence-electron chi connectivity index (χ4n) is 2.53. The third-order valence-corrected chi connectivity index (χ3v) is 6.53. The van der Waals surface area contributed by atoms with Crippen LogP contribution >= 0.6 is 0 Å². The first-order chi connectivity index (χ1) is 11.1. The molecule has 0 radical (unpaired) electrons. The van der Waals surface area contributed by atoms with Gasteiger partial charge in [0.15, 0.2) is 9.84 Å². The Morgan fingerprint density at radius 1 is 1.38 bits per heavy atom. The van der Waals surface area contributed by atoms with E-state index in [0.717, 1.165) is 10.6 Å². The molecule has 1 aliphatic heterocycles. The van der Waals surface area contributed by atoms with Crippen LogP contribution in [0.3, 0.4) is 0 Å². The van der Waals surface area contributed by atoms with Gasteiger partial charge < -0.3 is 10.1 Å². The number of amides is 1. The molecule has 10 heteroatoms. The highest BCUT2D eigenvalue weighted by Crippen LogP contribution is 2.29. The molecule has 24 heavy (non-hydrogen) atoms. The second kappa shape index (κ2) is 6.98. The second-order valence-electron chi connectivity index (χ2n) is 5.61. The molecule has 0 bridgehead atoms. The number of carbonyl (C=O) groups excluding carboxylic acids is 1. The van der Waals surface area contributed by atoms with E-state index >= 15 is 0 Å². The minimum atomic E-state index is -3.73. The molecule has 1 N–H and O–H groups in total. The molecule has 1 aromatic rings. The number of ether oxygens (including phenoxy) is 1.